The van der Waals surface area contributed by atoms with Gasteiger partial charge in [0.15, 0.2) is 0 Å². The van der Waals surface area contributed by atoms with Gasteiger partial charge in [0.25, 0.3) is 0 Å². The summed E-state index contributed by atoms with van der Waals surface area (Å²) in [5.74, 6) is 0.0966. The van der Waals surface area contributed by atoms with Crippen LogP contribution in [0.3, 0.4) is 0 Å². The van der Waals surface area contributed by atoms with E-state index in [1.165, 1.54) is 11.0 Å². The molecule has 1 rings (SSSR count). The Morgan fingerprint density at radius 1 is 1.69 bits per heavy atom. The van der Waals surface area contributed by atoms with Crippen LogP contribution in [0, 0.1) is 0 Å². The molecule has 1 heterocycles. The van der Waals surface area contributed by atoms with E-state index < -0.39 is 10.0 Å². The molecule has 0 aromatic carbocycles. The molecule has 0 aliphatic heterocycles. The number of aryl methyl sites for hydroxylation is 1. The molecule has 0 radical (unpaired) electrons. The predicted octanol–water partition coefficient (Wildman–Crippen LogP) is -0.204. The maximum Gasteiger partial charge on any atom is 0.236 e. The van der Waals surface area contributed by atoms with E-state index in [0.29, 0.717) is 0 Å². The molecule has 0 unspecified atom stereocenters. The number of rotatable bonds is 4. The smallest absolute Gasteiger partial charge is 0.236 e. The van der Waals surface area contributed by atoms with Gasteiger partial charge in [-0.1, -0.05) is 0 Å². The van der Waals surface area contributed by atoms with Crippen LogP contribution < -0.4 is 4.72 Å². The molecular formula is C5H9ClN4O2S. The Morgan fingerprint density at radius 2 is 2.38 bits per heavy atom. The van der Waals surface area contributed by atoms with Crippen molar-refractivity contribution in [2.45, 2.75) is 0 Å². The maximum absolute atomic E-state index is 11.2. The molecule has 8 heteroatoms. The van der Waals surface area contributed by atoms with Crippen LogP contribution in [0.4, 0.5) is 5.95 Å². The van der Waals surface area contributed by atoms with E-state index in [9.17, 15) is 8.42 Å². The average molecular weight is 225 g/mol. The van der Waals surface area contributed by atoms with E-state index in [2.05, 4.69) is 14.8 Å². The van der Waals surface area contributed by atoms with E-state index in [4.69, 9.17) is 11.6 Å². The molecule has 74 valence electrons. The molecule has 1 aromatic rings. The fourth-order valence-electron chi connectivity index (χ4n) is 0.680. The molecule has 0 saturated carbocycles. The van der Waals surface area contributed by atoms with Gasteiger partial charge in [-0.3, -0.25) is 4.72 Å². The largest absolute Gasteiger partial charge is 0.251 e. The molecule has 0 aliphatic rings. The van der Waals surface area contributed by atoms with Gasteiger partial charge in [0.05, 0.1) is 5.75 Å². The second-order valence-electron chi connectivity index (χ2n) is 2.32. The lowest BCUT2D eigenvalue weighted by Gasteiger charge is -2.03. The van der Waals surface area contributed by atoms with Crippen molar-refractivity contribution in [1.82, 2.24) is 14.8 Å². The Balaban J connectivity index is 2.75. The quantitative estimate of drug-likeness (QED) is 0.719. The van der Waals surface area contributed by atoms with E-state index in [0.717, 1.165) is 0 Å². The molecule has 0 fully saturated rings. The van der Waals surface area contributed by atoms with Crippen LogP contribution in [0.25, 0.3) is 0 Å². The van der Waals surface area contributed by atoms with Crippen LogP contribution in [0.1, 0.15) is 0 Å². The molecule has 1 N–H and O–H groups in total. The SMILES string of the molecule is Cn1ncnc1NS(=O)(=O)CCCl. The topological polar surface area (TPSA) is 76.9 Å². The number of hydrogen-bond donors (Lipinski definition) is 1. The second kappa shape index (κ2) is 3.93. The van der Waals surface area contributed by atoms with Gasteiger partial charge in [-0.2, -0.15) is 10.1 Å². The summed E-state index contributed by atoms with van der Waals surface area (Å²) in [5, 5.41) is 3.71. The third-order valence-electron chi connectivity index (χ3n) is 1.30. The summed E-state index contributed by atoms with van der Waals surface area (Å²) in [7, 11) is -1.79. The van der Waals surface area contributed by atoms with Gasteiger partial charge in [-0.05, 0) is 0 Å². The number of halogens is 1. The Kier molecular flexibility index (Phi) is 3.10. The van der Waals surface area contributed by atoms with Crippen LogP contribution in [-0.4, -0.2) is 34.8 Å². The minimum atomic E-state index is -3.38. The summed E-state index contributed by atoms with van der Waals surface area (Å²) in [6, 6.07) is 0. The third-order valence-corrected chi connectivity index (χ3v) is 2.95. The first-order chi connectivity index (χ1) is 6.05. The molecule has 0 bridgehead atoms. The summed E-state index contributed by atoms with van der Waals surface area (Å²) in [5.41, 5.74) is 0. The number of nitrogens with zero attached hydrogens (tertiary/aromatic N) is 3. The minimum Gasteiger partial charge on any atom is -0.251 e. The highest BCUT2D eigenvalue weighted by Gasteiger charge is 2.11. The van der Waals surface area contributed by atoms with Gasteiger partial charge >= 0.3 is 0 Å². The maximum atomic E-state index is 11.2. The van der Waals surface area contributed by atoms with Gasteiger partial charge in [0.1, 0.15) is 6.33 Å². The number of anilines is 1. The molecule has 1 aromatic heterocycles. The van der Waals surface area contributed by atoms with Gasteiger partial charge in [0, 0.05) is 12.9 Å². The zero-order valence-corrected chi connectivity index (χ0v) is 8.51. The predicted molar refractivity (Wildman–Crippen MR) is 49.1 cm³/mol. The van der Waals surface area contributed by atoms with E-state index in [1.54, 1.807) is 7.05 Å². The normalized spacial score (nSPS) is 11.5. The summed E-state index contributed by atoms with van der Waals surface area (Å²) in [6.45, 7) is 0. The average Bonchev–Trinajstić information content (AvgIpc) is 2.35. The molecule has 0 atom stereocenters. The van der Waals surface area contributed by atoms with Gasteiger partial charge in [0.2, 0.25) is 16.0 Å². The highest BCUT2D eigenvalue weighted by molar-refractivity contribution is 7.92. The Hall–Kier alpha value is -0.820. The first-order valence-corrected chi connectivity index (χ1v) is 5.64. The minimum absolute atomic E-state index is 0.0488. The van der Waals surface area contributed by atoms with Crippen LogP contribution in [0.15, 0.2) is 6.33 Å². The molecule has 0 aliphatic carbocycles. The van der Waals surface area contributed by atoms with Crippen molar-refractivity contribution >= 4 is 27.6 Å². The first-order valence-electron chi connectivity index (χ1n) is 3.45. The molecule has 6 nitrogen and oxygen atoms in total. The number of aromatic nitrogens is 3. The monoisotopic (exact) mass is 224 g/mol. The summed E-state index contributed by atoms with van der Waals surface area (Å²) >= 11 is 5.30. The fraction of sp³-hybridized carbons (Fsp3) is 0.600. The Morgan fingerprint density at radius 3 is 2.85 bits per heavy atom. The lowest BCUT2D eigenvalue weighted by Crippen LogP contribution is -2.19. The van der Waals surface area contributed by atoms with Gasteiger partial charge in [-0.25, -0.2) is 13.1 Å². The first kappa shape index (κ1) is 10.3. The van der Waals surface area contributed by atoms with Crippen molar-refractivity contribution in [1.29, 1.82) is 0 Å². The Bertz CT molecular complexity index is 374. The highest BCUT2D eigenvalue weighted by Crippen LogP contribution is 2.02. The summed E-state index contributed by atoms with van der Waals surface area (Å²) < 4.78 is 25.9. The van der Waals surface area contributed by atoms with Crippen molar-refractivity contribution < 1.29 is 8.42 Å². The van der Waals surface area contributed by atoms with Crippen molar-refractivity contribution in [3.63, 3.8) is 0 Å². The van der Waals surface area contributed by atoms with Gasteiger partial charge < -0.3 is 0 Å². The number of sulfonamides is 1. The lowest BCUT2D eigenvalue weighted by atomic mass is 11.0. The Labute approximate surface area is 81.0 Å². The van der Waals surface area contributed by atoms with E-state index in [1.807, 2.05) is 0 Å². The molecule has 0 spiro atoms. The van der Waals surface area contributed by atoms with Crippen molar-refractivity contribution in [2.24, 2.45) is 7.05 Å². The third kappa shape index (κ3) is 2.85. The fourth-order valence-corrected chi connectivity index (χ4v) is 2.06. The molecule has 0 saturated heterocycles. The van der Waals surface area contributed by atoms with Gasteiger partial charge in [-0.15, -0.1) is 11.6 Å². The summed E-state index contributed by atoms with van der Waals surface area (Å²) in [6.07, 6.45) is 1.26. The van der Waals surface area contributed by atoms with E-state index >= 15 is 0 Å². The summed E-state index contributed by atoms with van der Waals surface area (Å²) in [4.78, 5) is 3.70. The molecular weight excluding hydrogens is 216 g/mol. The van der Waals surface area contributed by atoms with Crippen LogP contribution >= 0.6 is 11.6 Å². The highest BCUT2D eigenvalue weighted by atomic mass is 35.5. The molecule has 13 heavy (non-hydrogen) atoms. The van der Waals surface area contributed by atoms with Crippen molar-refractivity contribution in [2.75, 3.05) is 16.4 Å². The van der Waals surface area contributed by atoms with Crippen LogP contribution in [-0.2, 0) is 17.1 Å². The zero-order valence-electron chi connectivity index (χ0n) is 6.94. The van der Waals surface area contributed by atoms with Crippen LogP contribution in [0.5, 0.6) is 0 Å². The standard InChI is InChI=1S/C5H9ClN4O2S/c1-10-5(7-4-8-10)9-13(11,12)3-2-6/h4H,2-3H2,1H3,(H,7,8,9). The van der Waals surface area contributed by atoms with E-state index in [-0.39, 0.29) is 17.6 Å². The molecule has 0 amide bonds. The zero-order chi connectivity index (χ0) is 9.90. The van der Waals surface area contributed by atoms with Crippen LogP contribution in [0.2, 0.25) is 0 Å². The van der Waals surface area contributed by atoms with Crippen molar-refractivity contribution in [3.05, 3.63) is 6.33 Å². The lowest BCUT2D eigenvalue weighted by molar-refractivity contribution is 0.601. The number of alkyl halides is 1. The number of hydrogen-bond acceptors (Lipinski definition) is 4. The number of nitrogens with one attached hydrogen (secondary N) is 1. The second-order valence-corrected chi connectivity index (χ2v) is 4.54. The van der Waals surface area contributed by atoms with Crippen molar-refractivity contribution in [3.8, 4) is 0 Å².